The van der Waals surface area contributed by atoms with E-state index >= 15 is 0 Å². The molecule has 21 heavy (non-hydrogen) atoms. The van der Waals surface area contributed by atoms with Crippen LogP contribution in [0.25, 0.3) is 0 Å². The number of aryl methyl sites for hydroxylation is 1. The number of fused-ring (bicyclic) bond motifs is 1. The standard InChI is InChI=1S/C17H22FN3/c1-11(2)8-14-10-17-19-7-6-16(21(17)20-14)13-5-4-12(3)15(18)9-13/h4-5,9-11,16,19H,6-8H2,1-3H3. The van der Waals surface area contributed by atoms with E-state index in [0.29, 0.717) is 11.5 Å². The maximum Gasteiger partial charge on any atom is 0.126 e. The van der Waals surface area contributed by atoms with Gasteiger partial charge in [-0.1, -0.05) is 26.0 Å². The molecule has 0 amide bonds. The predicted molar refractivity (Wildman–Crippen MR) is 83.2 cm³/mol. The van der Waals surface area contributed by atoms with Gasteiger partial charge in [0, 0.05) is 12.6 Å². The molecule has 0 aliphatic carbocycles. The first-order chi connectivity index (χ1) is 10.0. The van der Waals surface area contributed by atoms with E-state index < -0.39 is 0 Å². The Morgan fingerprint density at radius 3 is 2.90 bits per heavy atom. The molecule has 0 spiro atoms. The van der Waals surface area contributed by atoms with Gasteiger partial charge in [0.15, 0.2) is 0 Å². The van der Waals surface area contributed by atoms with Gasteiger partial charge in [0.05, 0.1) is 11.7 Å². The quantitative estimate of drug-likeness (QED) is 0.927. The van der Waals surface area contributed by atoms with Gasteiger partial charge in [-0.05, 0) is 42.9 Å². The second kappa shape index (κ2) is 5.51. The van der Waals surface area contributed by atoms with Crippen LogP contribution in [0.3, 0.4) is 0 Å². The Morgan fingerprint density at radius 2 is 2.19 bits per heavy atom. The molecular formula is C17H22FN3. The van der Waals surface area contributed by atoms with Crippen LogP contribution in [0.15, 0.2) is 24.3 Å². The fraction of sp³-hybridized carbons (Fsp3) is 0.471. The van der Waals surface area contributed by atoms with Crippen molar-refractivity contribution in [3.05, 3.63) is 46.9 Å². The van der Waals surface area contributed by atoms with Crippen molar-refractivity contribution >= 4 is 5.82 Å². The number of anilines is 1. The molecule has 0 radical (unpaired) electrons. The zero-order valence-electron chi connectivity index (χ0n) is 12.9. The lowest BCUT2D eigenvalue weighted by Crippen LogP contribution is -2.24. The number of hydrogen-bond acceptors (Lipinski definition) is 2. The van der Waals surface area contributed by atoms with E-state index in [4.69, 9.17) is 5.10 Å². The van der Waals surface area contributed by atoms with Crippen molar-refractivity contribution in [1.82, 2.24) is 9.78 Å². The number of nitrogens with one attached hydrogen (secondary N) is 1. The summed E-state index contributed by atoms with van der Waals surface area (Å²) >= 11 is 0. The maximum absolute atomic E-state index is 13.8. The lowest BCUT2D eigenvalue weighted by atomic mass is 10.0. The van der Waals surface area contributed by atoms with Crippen LogP contribution in [0, 0.1) is 18.7 Å². The van der Waals surface area contributed by atoms with Crippen LogP contribution in [0.1, 0.15) is 43.1 Å². The largest absolute Gasteiger partial charge is 0.370 e. The minimum absolute atomic E-state index is 0.122. The molecule has 4 heteroatoms. The Kier molecular flexibility index (Phi) is 3.70. The highest BCUT2D eigenvalue weighted by molar-refractivity contribution is 5.42. The molecule has 1 aliphatic heterocycles. The molecule has 0 saturated carbocycles. The lowest BCUT2D eigenvalue weighted by Gasteiger charge is -2.26. The van der Waals surface area contributed by atoms with Gasteiger partial charge in [0.2, 0.25) is 0 Å². The minimum atomic E-state index is -0.137. The molecular weight excluding hydrogens is 265 g/mol. The predicted octanol–water partition coefficient (Wildman–Crippen LogP) is 3.93. The van der Waals surface area contributed by atoms with Crippen LogP contribution in [-0.2, 0) is 6.42 Å². The van der Waals surface area contributed by atoms with E-state index in [0.717, 1.165) is 36.5 Å². The van der Waals surface area contributed by atoms with Crippen LogP contribution in [0.2, 0.25) is 0 Å². The first kappa shape index (κ1) is 14.1. The molecule has 1 atom stereocenters. The third-order valence-corrected chi connectivity index (χ3v) is 4.00. The van der Waals surface area contributed by atoms with E-state index in [1.165, 1.54) is 0 Å². The first-order valence-corrected chi connectivity index (χ1v) is 7.63. The lowest BCUT2D eigenvalue weighted by molar-refractivity contribution is 0.471. The molecule has 2 aromatic rings. The normalized spacial score (nSPS) is 17.7. The molecule has 0 fully saturated rings. The minimum Gasteiger partial charge on any atom is -0.370 e. The highest BCUT2D eigenvalue weighted by atomic mass is 19.1. The Hall–Kier alpha value is -1.84. The Labute approximate surface area is 125 Å². The second-order valence-electron chi connectivity index (χ2n) is 6.30. The van der Waals surface area contributed by atoms with Crippen molar-refractivity contribution in [2.24, 2.45) is 5.92 Å². The Balaban J connectivity index is 1.95. The monoisotopic (exact) mass is 287 g/mol. The number of halogens is 1. The van der Waals surface area contributed by atoms with E-state index in [1.807, 2.05) is 16.8 Å². The van der Waals surface area contributed by atoms with Crippen LogP contribution >= 0.6 is 0 Å². The van der Waals surface area contributed by atoms with Crippen molar-refractivity contribution < 1.29 is 4.39 Å². The third kappa shape index (κ3) is 2.80. The van der Waals surface area contributed by atoms with Gasteiger partial charge < -0.3 is 5.32 Å². The fourth-order valence-electron chi connectivity index (χ4n) is 2.92. The number of hydrogen-bond donors (Lipinski definition) is 1. The summed E-state index contributed by atoms with van der Waals surface area (Å²) < 4.78 is 15.9. The zero-order valence-corrected chi connectivity index (χ0v) is 12.9. The Morgan fingerprint density at radius 1 is 1.38 bits per heavy atom. The summed E-state index contributed by atoms with van der Waals surface area (Å²) in [7, 11) is 0. The number of nitrogens with zero attached hydrogens (tertiary/aromatic N) is 2. The summed E-state index contributed by atoms with van der Waals surface area (Å²) in [5.74, 6) is 1.49. The van der Waals surface area contributed by atoms with Crippen molar-refractivity contribution in [2.45, 2.75) is 39.7 Å². The van der Waals surface area contributed by atoms with Crippen LogP contribution in [-0.4, -0.2) is 16.3 Å². The van der Waals surface area contributed by atoms with Gasteiger partial charge >= 0.3 is 0 Å². The van der Waals surface area contributed by atoms with Crippen molar-refractivity contribution in [1.29, 1.82) is 0 Å². The maximum atomic E-state index is 13.8. The fourth-order valence-corrected chi connectivity index (χ4v) is 2.92. The van der Waals surface area contributed by atoms with Crippen LogP contribution in [0.4, 0.5) is 10.2 Å². The van der Waals surface area contributed by atoms with Gasteiger partial charge in [0.25, 0.3) is 0 Å². The van der Waals surface area contributed by atoms with Gasteiger partial charge in [-0.15, -0.1) is 0 Å². The van der Waals surface area contributed by atoms with E-state index in [9.17, 15) is 4.39 Å². The highest BCUT2D eigenvalue weighted by Crippen LogP contribution is 2.31. The Bertz CT molecular complexity index is 645. The highest BCUT2D eigenvalue weighted by Gasteiger charge is 2.23. The summed E-state index contributed by atoms with van der Waals surface area (Å²) in [5.41, 5.74) is 2.79. The molecule has 1 aromatic heterocycles. The summed E-state index contributed by atoms with van der Waals surface area (Å²) in [6, 6.07) is 7.76. The van der Waals surface area contributed by atoms with Gasteiger partial charge in [-0.2, -0.15) is 5.10 Å². The molecule has 112 valence electrons. The molecule has 3 rings (SSSR count). The summed E-state index contributed by atoms with van der Waals surface area (Å²) in [4.78, 5) is 0. The number of benzene rings is 1. The molecule has 2 heterocycles. The average Bonchev–Trinajstić information content (AvgIpc) is 2.83. The SMILES string of the molecule is Cc1ccc(C2CCNc3cc(CC(C)C)nn32)cc1F. The smallest absolute Gasteiger partial charge is 0.126 e. The van der Waals surface area contributed by atoms with E-state index in [-0.39, 0.29) is 11.9 Å². The molecule has 0 saturated heterocycles. The van der Waals surface area contributed by atoms with Crippen molar-refractivity contribution in [3.8, 4) is 0 Å². The zero-order chi connectivity index (χ0) is 15.0. The molecule has 0 bridgehead atoms. The first-order valence-electron chi connectivity index (χ1n) is 7.63. The summed E-state index contributed by atoms with van der Waals surface area (Å²) in [6.07, 6.45) is 1.90. The van der Waals surface area contributed by atoms with Crippen LogP contribution in [0.5, 0.6) is 0 Å². The molecule has 3 nitrogen and oxygen atoms in total. The molecule has 1 aromatic carbocycles. The van der Waals surface area contributed by atoms with Crippen molar-refractivity contribution in [2.75, 3.05) is 11.9 Å². The topological polar surface area (TPSA) is 29.9 Å². The second-order valence-corrected chi connectivity index (χ2v) is 6.30. The average molecular weight is 287 g/mol. The van der Waals surface area contributed by atoms with Crippen LogP contribution < -0.4 is 5.32 Å². The van der Waals surface area contributed by atoms with Gasteiger partial charge in [-0.25, -0.2) is 9.07 Å². The third-order valence-electron chi connectivity index (χ3n) is 4.00. The van der Waals surface area contributed by atoms with Crippen molar-refractivity contribution in [3.63, 3.8) is 0 Å². The van der Waals surface area contributed by atoms with Gasteiger partial charge in [-0.3, -0.25) is 0 Å². The van der Waals surface area contributed by atoms with Gasteiger partial charge in [0.1, 0.15) is 11.6 Å². The molecule has 1 unspecified atom stereocenters. The molecule has 1 N–H and O–H groups in total. The van der Waals surface area contributed by atoms with E-state index in [2.05, 4.69) is 25.2 Å². The van der Waals surface area contributed by atoms with E-state index in [1.54, 1.807) is 13.0 Å². The summed E-state index contributed by atoms with van der Waals surface area (Å²) in [6.45, 7) is 7.08. The number of rotatable bonds is 3. The summed E-state index contributed by atoms with van der Waals surface area (Å²) in [5, 5.41) is 8.12. The molecule has 1 aliphatic rings. The number of aromatic nitrogens is 2.